The van der Waals surface area contributed by atoms with Crippen molar-refractivity contribution in [3.05, 3.63) is 65.4 Å². The third kappa shape index (κ3) is 4.42. The van der Waals surface area contributed by atoms with Crippen LogP contribution in [0.1, 0.15) is 46.9 Å². The van der Waals surface area contributed by atoms with Crippen molar-refractivity contribution in [3.8, 4) is 0 Å². The molecule has 28 heavy (non-hydrogen) atoms. The number of H-pyrrole nitrogens is 1. The summed E-state index contributed by atoms with van der Waals surface area (Å²) in [6.07, 6.45) is 4.20. The number of hydrogen-bond acceptors (Lipinski definition) is 3. The van der Waals surface area contributed by atoms with Crippen LogP contribution in [-0.4, -0.2) is 16.6 Å². The van der Waals surface area contributed by atoms with Crippen LogP contribution < -0.4 is 10.0 Å². The first-order chi connectivity index (χ1) is 13.5. The Labute approximate surface area is 170 Å². The molecule has 3 rings (SSSR count). The largest absolute Gasteiger partial charge is 0.350 e. The summed E-state index contributed by atoms with van der Waals surface area (Å²) in [4.78, 5) is 16.1. The minimum atomic E-state index is -0.133. The van der Waals surface area contributed by atoms with Gasteiger partial charge < -0.3 is 15.0 Å². The van der Waals surface area contributed by atoms with Crippen molar-refractivity contribution >= 4 is 46.2 Å². The summed E-state index contributed by atoms with van der Waals surface area (Å²) in [5, 5.41) is 4.05. The highest BCUT2D eigenvalue weighted by Gasteiger charge is 2.15. The summed E-state index contributed by atoms with van der Waals surface area (Å²) in [7, 11) is 0. The van der Waals surface area contributed by atoms with Gasteiger partial charge in [-0.3, -0.25) is 4.79 Å². The maximum atomic E-state index is 12.8. The molecule has 0 unspecified atom stereocenters. The Balaban J connectivity index is 1.78. The minimum absolute atomic E-state index is 0.133. The first kappa shape index (κ1) is 20.1. The van der Waals surface area contributed by atoms with Crippen LogP contribution in [0.25, 0.3) is 17.0 Å². The summed E-state index contributed by atoms with van der Waals surface area (Å²) in [6, 6.07) is 12.0. The highest BCUT2D eigenvalue weighted by Crippen LogP contribution is 2.27. The van der Waals surface area contributed by atoms with Gasteiger partial charge in [0.05, 0.1) is 0 Å². The highest BCUT2D eigenvalue weighted by molar-refractivity contribution is 8.00. The molecule has 1 aromatic heterocycles. The fourth-order valence-electron chi connectivity index (χ4n) is 3.14. The van der Waals surface area contributed by atoms with Gasteiger partial charge in [-0.15, -0.1) is 0 Å². The smallest absolute Gasteiger partial charge is 0.272 e. The van der Waals surface area contributed by atoms with Crippen LogP contribution in [0.5, 0.6) is 0 Å². The van der Waals surface area contributed by atoms with Crippen LogP contribution in [0.15, 0.2) is 43.0 Å². The van der Waals surface area contributed by atoms with E-state index in [9.17, 15) is 4.79 Å². The Kier molecular flexibility index (Phi) is 6.47. The molecular weight excluding hydrogens is 366 g/mol. The van der Waals surface area contributed by atoms with Crippen LogP contribution in [0.4, 0.5) is 11.4 Å². The second kappa shape index (κ2) is 9.02. The monoisotopic (exact) mass is 393 g/mol. The SMILES string of the molecule is C=Cc1ccc(NC(=O)c2[nH]c3ccc(NSCCCC)cc3c2C)cc1C. The quantitative estimate of drug-likeness (QED) is 0.301. The van der Waals surface area contributed by atoms with Crippen molar-refractivity contribution in [2.24, 2.45) is 0 Å². The van der Waals surface area contributed by atoms with Crippen LogP contribution in [0.2, 0.25) is 0 Å². The van der Waals surface area contributed by atoms with Crippen molar-refractivity contribution < 1.29 is 4.79 Å². The molecule has 4 nitrogen and oxygen atoms in total. The van der Waals surface area contributed by atoms with Crippen LogP contribution >= 0.6 is 11.9 Å². The molecule has 5 heteroatoms. The normalized spacial score (nSPS) is 10.8. The topological polar surface area (TPSA) is 56.9 Å². The second-order valence-electron chi connectivity index (χ2n) is 6.92. The molecule has 3 N–H and O–H groups in total. The van der Waals surface area contributed by atoms with Gasteiger partial charge in [-0.1, -0.05) is 44.0 Å². The molecule has 1 amide bonds. The predicted octanol–water partition coefficient (Wildman–Crippen LogP) is 6.54. The summed E-state index contributed by atoms with van der Waals surface area (Å²) in [5.74, 6) is 0.949. The van der Waals surface area contributed by atoms with E-state index in [1.54, 1.807) is 11.9 Å². The molecule has 0 radical (unpaired) electrons. The Hall–Kier alpha value is -2.66. The minimum Gasteiger partial charge on any atom is -0.350 e. The molecule has 0 bridgehead atoms. The van der Waals surface area contributed by atoms with E-state index in [-0.39, 0.29) is 5.91 Å². The first-order valence-corrected chi connectivity index (χ1v) is 10.6. The van der Waals surface area contributed by atoms with Gasteiger partial charge in [0, 0.05) is 28.0 Å². The van der Waals surface area contributed by atoms with E-state index < -0.39 is 0 Å². The number of amides is 1. The molecule has 0 aliphatic heterocycles. The Bertz CT molecular complexity index is 1010. The van der Waals surface area contributed by atoms with Gasteiger partial charge in [0.15, 0.2) is 0 Å². The maximum Gasteiger partial charge on any atom is 0.272 e. The molecule has 3 aromatic rings. The van der Waals surface area contributed by atoms with Crippen LogP contribution in [0.3, 0.4) is 0 Å². The highest BCUT2D eigenvalue weighted by atomic mass is 32.2. The predicted molar refractivity (Wildman–Crippen MR) is 123 cm³/mol. The molecule has 0 aliphatic rings. The summed E-state index contributed by atoms with van der Waals surface area (Å²) < 4.78 is 3.39. The second-order valence-corrected chi connectivity index (χ2v) is 7.82. The number of fused-ring (bicyclic) bond motifs is 1. The number of aryl methyl sites for hydroxylation is 2. The van der Waals surface area contributed by atoms with Gasteiger partial charge in [-0.2, -0.15) is 0 Å². The average Bonchev–Trinajstić information content (AvgIpc) is 3.02. The van der Waals surface area contributed by atoms with Crippen molar-refractivity contribution in [2.45, 2.75) is 33.6 Å². The van der Waals surface area contributed by atoms with E-state index in [1.807, 2.05) is 50.3 Å². The Morgan fingerprint density at radius 2 is 1.96 bits per heavy atom. The van der Waals surface area contributed by atoms with E-state index in [1.165, 1.54) is 12.8 Å². The zero-order chi connectivity index (χ0) is 20.1. The van der Waals surface area contributed by atoms with Gasteiger partial charge in [-0.25, -0.2) is 0 Å². The number of carbonyl (C=O) groups excluding carboxylic acids is 1. The molecule has 0 aliphatic carbocycles. The van der Waals surface area contributed by atoms with Gasteiger partial charge in [0.2, 0.25) is 0 Å². The number of nitrogens with one attached hydrogen (secondary N) is 3. The van der Waals surface area contributed by atoms with Crippen LogP contribution in [-0.2, 0) is 0 Å². The maximum absolute atomic E-state index is 12.8. The number of hydrogen-bond donors (Lipinski definition) is 3. The van der Waals surface area contributed by atoms with Crippen molar-refractivity contribution in [1.29, 1.82) is 0 Å². The number of rotatable bonds is 8. The Morgan fingerprint density at radius 1 is 1.18 bits per heavy atom. The first-order valence-electron chi connectivity index (χ1n) is 9.58. The van der Waals surface area contributed by atoms with Crippen molar-refractivity contribution in [3.63, 3.8) is 0 Å². The van der Waals surface area contributed by atoms with Crippen molar-refractivity contribution in [2.75, 3.05) is 15.8 Å². The lowest BCUT2D eigenvalue weighted by molar-refractivity contribution is 0.102. The van der Waals surface area contributed by atoms with E-state index in [2.05, 4.69) is 34.6 Å². The van der Waals surface area contributed by atoms with Crippen LogP contribution in [0, 0.1) is 13.8 Å². The number of carbonyl (C=O) groups is 1. The van der Waals surface area contributed by atoms with Gasteiger partial charge >= 0.3 is 0 Å². The molecule has 146 valence electrons. The zero-order valence-corrected chi connectivity index (χ0v) is 17.5. The standard InChI is InChI=1S/C23H27N3OS/c1-5-7-12-28-26-19-10-11-21-20(14-19)16(4)22(25-21)23(27)24-18-9-8-17(6-2)15(3)13-18/h6,8-11,13-14,25-26H,2,5,7,12H2,1,3-4H3,(H,24,27). The number of aromatic amines is 1. The lowest BCUT2D eigenvalue weighted by Gasteiger charge is -2.07. The number of anilines is 2. The summed E-state index contributed by atoms with van der Waals surface area (Å²) in [6.45, 7) is 9.98. The molecular formula is C23H27N3OS. The third-order valence-electron chi connectivity index (χ3n) is 4.82. The Morgan fingerprint density at radius 3 is 2.68 bits per heavy atom. The van der Waals surface area contributed by atoms with Gasteiger partial charge in [0.25, 0.3) is 5.91 Å². The molecule has 0 fully saturated rings. The number of unbranched alkanes of at least 4 members (excludes halogenated alkanes) is 1. The third-order valence-corrected chi connectivity index (χ3v) is 5.70. The summed E-state index contributed by atoms with van der Waals surface area (Å²) in [5.41, 5.74) is 6.49. The number of benzene rings is 2. The van der Waals surface area contributed by atoms with Crippen molar-refractivity contribution in [1.82, 2.24) is 4.98 Å². The van der Waals surface area contributed by atoms with E-state index in [0.29, 0.717) is 5.69 Å². The lowest BCUT2D eigenvalue weighted by atomic mass is 10.1. The molecule has 0 spiro atoms. The molecule has 1 heterocycles. The van der Waals surface area contributed by atoms with E-state index >= 15 is 0 Å². The van der Waals surface area contributed by atoms with Gasteiger partial charge in [-0.05, 0) is 67.3 Å². The van der Waals surface area contributed by atoms with E-state index in [0.717, 1.165) is 44.7 Å². The fraction of sp³-hybridized carbons (Fsp3) is 0.261. The molecule has 0 atom stereocenters. The molecule has 0 saturated carbocycles. The number of aromatic nitrogens is 1. The fourth-order valence-corrected chi connectivity index (χ4v) is 3.97. The average molecular weight is 394 g/mol. The lowest BCUT2D eigenvalue weighted by Crippen LogP contribution is -2.13. The summed E-state index contributed by atoms with van der Waals surface area (Å²) >= 11 is 1.72. The molecule has 0 saturated heterocycles. The van der Waals surface area contributed by atoms with E-state index in [4.69, 9.17) is 0 Å². The molecule has 2 aromatic carbocycles. The van der Waals surface area contributed by atoms with Gasteiger partial charge in [0.1, 0.15) is 5.69 Å². The zero-order valence-electron chi connectivity index (χ0n) is 16.7.